The van der Waals surface area contributed by atoms with E-state index in [4.69, 9.17) is 19.9 Å². The van der Waals surface area contributed by atoms with Gasteiger partial charge in [-0.15, -0.1) is 0 Å². The van der Waals surface area contributed by atoms with Gasteiger partial charge >= 0.3 is 5.82 Å². The molecular formula is C19H19F2N5O5. The maximum Gasteiger partial charge on any atom is 0.337 e. The lowest BCUT2D eigenvalue weighted by molar-refractivity contribution is -0.470. The molecule has 1 saturated heterocycles. The maximum absolute atomic E-state index is 13.4. The van der Waals surface area contributed by atoms with E-state index in [1.54, 1.807) is 29.0 Å². The van der Waals surface area contributed by atoms with E-state index in [1.807, 2.05) is 0 Å². The van der Waals surface area contributed by atoms with Crippen LogP contribution in [0.15, 0.2) is 57.5 Å². The highest BCUT2D eigenvalue weighted by atomic mass is 19.3. The molecule has 0 unspecified atom stereocenters. The van der Waals surface area contributed by atoms with Crippen LogP contribution in [0.2, 0.25) is 0 Å². The Morgan fingerprint density at radius 1 is 1.48 bits per heavy atom. The van der Waals surface area contributed by atoms with Gasteiger partial charge in [0.15, 0.2) is 12.1 Å². The number of amides is 1. The van der Waals surface area contributed by atoms with Crippen LogP contribution in [0, 0.1) is 0 Å². The summed E-state index contributed by atoms with van der Waals surface area (Å²) >= 11 is 0. The number of fused-ring (bicyclic) bond motifs is 2. The summed E-state index contributed by atoms with van der Waals surface area (Å²) in [7, 11) is 1.32. The Bertz CT molecular complexity index is 1010. The first-order valence-corrected chi connectivity index (χ1v) is 9.32. The van der Waals surface area contributed by atoms with Crippen molar-refractivity contribution in [2.45, 2.75) is 18.7 Å². The molecule has 3 aliphatic heterocycles. The number of primary amides is 1. The predicted octanol–water partition coefficient (Wildman–Crippen LogP) is -0.799. The van der Waals surface area contributed by atoms with Crippen molar-refractivity contribution < 1.29 is 37.5 Å². The minimum Gasteiger partial charge on any atom is -0.874 e. The molecule has 0 aromatic carbocycles. The molecule has 1 aliphatic carbocycles. The number of alkyl halides is 2. The predicted molar refractivity (Wildman–Crippen MR) is 102 cm³/mol. The highest BCUT2D eigenvalue weighted by Crippen LogP contribution is 2.31. The molecular weight excluding hydrogens is 416 g/mol. The minimum atomic E-state index is -2.72. The molecule has 1 amide bonds. The van der Waals surface area contributed by atoms with Crippen LogP contribution in [0.4, 0.5) is 8.78 Å². The van der Waals surface area contributed by atoms with Crippen LogP contribution in [0.1, 0.15) is 0 Å². The molecule has 1 fully saturated rings. The Hall–Kier alpha value is -3.54. The second-order valence-electron chi connectivity index (χ2n) is 6.80. The first-order chi connectivity index (χ1) is 14.9. The number of amidine groups is 1. The van der Waals surface area contributed by atoms with E-state index in [1.165, 1.54) is 7.11 Å². The van der Waals surface area contributed by atoms with Crippen molar-refractivity contribution in [3.63, 3.8) is 0 Å². The molecule has 0 aromatic rings. The van der Waals surface area contributed by atoms with Crippen LogP contribution in [-0.4, -0.2) is 78.7 Å². The number of allylic oxidation sites excluding steroid dienone is 3. The standard InChI is InChI=1S/C19H19F2N5O5/c1-29-19(17(22)28)23-10-2-3-11-13(6-10)30-5-4-25-7-14(24-18(11)25)26-12(16(20)21)9-31-15(26)8-27/h2-3,6-8,12,16,19H,4-5,9H2,1H3,(H2-,22,27,28)/t12-,19-/m0/s1. The van der Waals surface area contributed by atoms with Crippen molar-refractivity contribution in [1.82, 2.24) is 4.90 Å². The number of rotatable bonds is 4. The highest BCUT2D eigenvalue weighted by Gasteiger charge is 2.44. The van der Waals surface area contributed by atoms with E-state index in [-0.39, 0.29) is 24.9 Å². The molecule has 4 rings (SSSR count). The number of methoxy groups -OCH3 is 1. The largest absolute Gasteiger partial charge is 0.874 e. The van der Waals surface area contributed by atoms with E-state index < -0.39 is 24.6 Å². The smallest absolute Gasteiger partial charge is 0.337 e. The van der Waals surface area contributed by atoms with Crippen molar-refractivity contribution in [1.29, 1.82) is 0 Å². The zero-order chi connectivity index (χ0) is 22.1. The molecule has 0 radical (unpaired) electrons. The zero-order valence-electron chi connectivity index (χ0n) is 16.4. The van der Waals surface area contributed by atoms with Crippen molar-refractivity contribution in [3.05, 3.63) is 47.5 Å². The molecule has 12 heteroatoms. The van der Waals surface area contributed by atoms with E-state index in [2.05, 4.69) is 9.98 Å². The van der Waals surface area contributed by atoms with E-state index in [0.29, 0.717) is 35.7 Å². The average molecular weight is 435 g/mol. The summed E-state index contributed by atoms with van der Waals surface area (Å²) in [6.07, 6.45) is 3.03. The lowest BCUT2D eigenvalue weighted by atomic mass is 10.1. The van der Waals surface area contributed by atoms with E-state index in [0.717, 1.165) is 4.90 Å². The van der Waals surface area contributed by atoms with Gasteiger partial charge in [-0.3, -0.25) is 9.69 Å². The Labute approximate surface area is 175 Å². The fourth-order valence-corrected chi connectivity index (χ4v) is 3.46. The van der Waals surface area contributed by atoms with Crippen LogP contribution >= 0.6 is 0 Å². The molecule has 10 nitrogen and oxygen atoms in total. The van der Waals surface area contributed by atoms with Crippen molar-refractivity contribution >= 4 is 23.7 Å². The molecule has 3 heterocycles. The number of ether oxygens (including phenoxy) is 3. The lowest BCUT2D eigenvalue weighted by Gasteiger charge is -2.19. The minimum absolute atomic E-state index is 0.176. The van der Waals surface area contributed by atoms with Gasteiger partial charge in [-0.1, -0.05) is 6.26 Å². The highest BCUT2D eigenvalue weighted by molar-refractivity contribution is 6.29. The van der Waals surface area contributed by atoms with Gasteiger partial charge in [0.2, 0.25) is 6.23 Å². The molecule has 31 heavy (non-hydrogen) atoms. The van der Waals surface area contributed by atoms with Gasteiger partial charge in [0, 0.05) is 13.2 Å². The van der Waals surface area contributed by atoms with Crippen molar-refractivity contribution in [3.8, 4) is 0 Å². The Kier molecular flexibility index (Phi) is 5.55. The van der Waals surface area contributed by atoms with E-state index in [9.17, 15) is 18.7 Å². The summed E-state index contributed by atoms with van der Waals surface area (Å²) in [6, 6.07) is -1.31. The van der Waals surface area contributed by atoms with Crippen LogP contribution < -0.4 is 10.8 Å². The third-order valence-corrected chi connectivity index (χ3v) is 4.90. The number of hydrogen-bond acceptors (Lipinski definition) is 8. The number of aliphatic imine (C=N–C) groups is 2. The Morgan fingerprint density at radius 3 is 2.97 bits per heavy atom. The van der Waals surface area contributed by atoms with Crippen LogP contribution in [0.5, 0.6) is 0 Å². The van der Waals surface area contributed by atoms with Gasteiger partial charge in [-0.25, -0.2) is 18.3 Å². The Balaban J connectivity index is 1.71. The second-order valence-corrected chi connectivity index (χ2v) is 6.80. The molecule has 164 valence electrons. The number of nitrogens with two attached hydrogens (primary N) is 1. The first-order valence-electron chi connectivity index (χ1n) is 9.32. The summed E-state index contributed by atoms with van der Waals surface area (Å²) < 4.78 is 44.5. The molecule has 4 aliphatic rings. The SMILES string of the molecule is CO[C@H](N=C1C=CC2=C3N=C(N4C(=C[O-])OC[C@H]4C(F)F)C=[N+]3CCOC2=C1)C(N)=O. The maximum atomic E-state index is 13.4. The third kappa shape index (κ3) is 3.81. The average Bonchev–Trinajstić information content (AvgIpc) is 3.32. The van der Waals surface area contributed by atoms with Crippen molar-refractivity contribution in [2.24, 2.45) is 15.7 Å². The van der Waals surface area contributed by atoms with Crippen LogP contribution in [0.25, 0.3) is 0 Å². The summed E-state index contributed by atoms with van der Waals surface area (Å²) in [5.41, 5.74) is 6.25. The zero-order valence-corrected chi connectivity index (χ0v) is 16.4. The van der Waals surface area contributed by atoms with Gasteiger partial charge in [0.05, 0.1) is 5.71 Å². The summed E-state index contributed by atoms with van der Waals surface area (Å²) in [5.74, 6) is 0.148. The molecule has 0 aromatic heterocycles. The van der Waals surface area contributed by atoms with Crippen LogP contribution in [0.3, 0.4) is 0 Å². The number of hydrogen-bond donors (Lipinski definition) is 1. The van der Waals surface area contributed by atoms with Crippen molar-refractivity contribution in [2.75, 3.05) is 26.9 Å². The Morgan fingerprint density at radius 2 is 2.29 bits per heavy atom. The molecule has 0 bridgehead atoms. The third-order valence-electron chi connectivity index (χ3n) is 4.90. The number of nitrogens with zero attached hydrogens (tertiary/aromatic N) is 4. The lowest BCUT2D eigenvalue weighted by Crippen LogP contribution is -2.41. The summed E-state index contributed by atoms with van der Waals surface area (Å²) in [6.45, 7) is 0.372. The van der Waals surface area contributed by atoms with Gasteiger partial charge in [-0.2, -0.15) is 0 Å². The van der Waals surface area contributed by atoms with Gasteiger partial charge < -0.3 is 25.1 Å². The first kappa shape index (κ1) is 20.7. The number of carbonyl (C=O) groups is 1. The van der Waals surface area contributed by atoms with Gasteiger partial charge in [0.25, 0.3) is 18.2 Å². The molecule has 0 saturated carbocycles. The molecule has 2 N–H and O–H groups in total. The quantitative estimate of drug-likeness (QED) is 0.456. The second kappa shape index (κ2) is 8.30. The monoisotopic (exact) mass is 435 g/mol. The van der Waals surface area contributed by atoms with Crippen LogP contribution in [-0.2, 0) is 19.0 Å². The molecule has 2 atom stereocenters. The fourth-order valence-electron chi connectivity index (χ4n) is 3.46. The molecule has 0 spiro atoms. The van der Waals surface area contributed by atoms with Gasteiger partial charge in [0.1, 0.15) is 37.1 Å². The van der Waals surface area contributed by atoms with E-state index >= 15 is 0 Å². The summed E-state index contributed by atoms with van der Waals surface area (Å²) in [4.78, 5) is 21.1. The number of halogens is 2. The summed E-state index contributed by atoms with van der Waals surface area (Å²) in [5, 5.41) is 11.3. The van der Waals surface area contributed by atoms with Gasteiger partial charge in [-0.05, 0) is 17.1 Å². The topological polar surface area (TPSA) is 125 Å². The normalized spacial score (nSPS) is 26.1. The number of carbonyl (C=O) groups excluding carboxylic acids is 1. The fraction of sp³-hybridized carbons (Fsp3) is 0.368.